The summed E-state index contributed by atoms with van der Waals surface area (Å²) < 4.78 is 0. The molecule has 2 saturated heterocycles. The van der Waals surface area contributed by atoms with Crippen molar-refractivity contribution in [1.29, 1.82) is 0 Å². The van der Waals surface area contributed by atoms with Crippen molar-refractivity contribution in [3.05, 3.63) is 47.5 Å². The average molecular weight is 445 g/mol. The monoisotopic (exact) mass is 444 g/mol. The van der Waals surface area contributed by atoms with Gasteiger partial charge >= 0.3 is 0 Å². The van der Waals surface area contributed by atoms with Gasteiger partial charge in [0.1, 0.15) is 0 Å². The highest BCUT2D eigenvalue weighted by Gasteiger charge is 2.50. The molecule has 3 fully saturated rings. The summed E-state index contributed by atoms with van der Waals surface area (Å²) in [4.78, 5) is 29.5. The van der Waals surface area contributed by atoms with E-state index in [0.717, 1.165) is 38.0 Å². The molecule has 4 atom stereocenters. The van der Waals surface area contributed by atoms with Crippen molar-refractivity contribution in [1.82, 2.24) is 9.80 Å². The minimum atomic E-state index is -0.786. The zero-order valence-corrected chi connectivity index (χ0v) is 19.3. The highest BCUT2D eigenvalue weighted by molar-refractivity contribution is 6.31. The molecule has 1 aliphatic carbocycles. The summed E-state index contributed by atoms with van der Waals surface area (Å²) in [6.45, 7) is 9.81. The fourth-order valence-electron chi connectivity index (χ4n) is 6.08. The molecule has 6 heteroatoms. The van der Waals surface area contributed by atoms with Crippen LogP contribution in [0.1, 0.15) is 57.4 Å². The first kappa shape index (κ1) is 22.3. The van der Waals surface area contributed by atoms with Crippen LogP contribution in [-0.2, 0) is 9.59 Å². The lowest BCUT2D eigenvalue weighted by molar-refractivity contribution is -0.154. The van der Waals surface area contributed by atoms with Crippen LogP contribution in [0.3, 0.4) is 0 Å². The van der Waals surface area contributed by atoms with Gasteiger partial charge in [-0.1, -0.05) is 36.4 Å². The van der Waals surface area contributed by atoms with Crippen LogP contribution >= 0.6 is 11.6 Å². The minimum Gasteiger partial charge on any atom is -0.390 e. The molecule has 1 aromatic rings. The van der Waals surface area contributed by atoms with Crippen molar-refractivity contribution in [2.24, 2.45) is 11.3 Å². The van der Waals surface area contributed by atoms with Gasteiger partial charge in [0.05, 0.1) is 5.60 Å². The normalized spacial score (nSPS) is 32.5. The van der Waals surface area contributed by atoms with Crippen molar-refractivity contribution < 1.29 is 14.7 Å². The number of aliphatic hydroxyl groups is 1. The number of nitrogens with zero attached hydrogens (tertiary/aromatic N) is 2. The number of carbonyl (C=O) groups is 2. The van der Waals surface area contributed by atoms with Gasteiger partial charge in [0, 0.05) is 42.0 Å². The summed E-state index contributed by atoms with van der Waals surface area (Å²) in [7, 11) is 0. The highest BCUT2D eigenvalue weighted by Crippen LogP contribution is 2.47. The number of halogens is 1. The fourth-order valence-corrected chi connectivity index (χ4v) is 6.35. The number of carbonyl (C=O) groups excluding carboxylic acids is 2. The Balaban J connectivity index is 1.49. The smallest absolute Gasteiger partial charge is 0.245 e. The first-order valence-corrected chi connectivity index (χ1v) is 11.7. The molecule has 168 valence electrons. The molecule has 1 spiro atoms. The van der Waals surface area contributed by atoms with Crippen LogP contribution in [0.25, 0.3) is 0 Å². The van der Waals surface area contributed by atoms with E-state index >= 15 is 0 Å². The van der Waals surface area contributed by atoms with Crippen molar-refractivity contribution >= 4 is 23.4 Å². The molecular formula is C25H33ClN2O3. The Labute approximate surface area is 190 Å². The fraction of sp³-hybridized carbons (Fsp3) is 0.600. The molecule has 0 bridgehead atoms. The van der Waals surface area contributed by atoms with Gasteiger partial charge in [0.15, 0.2) is 0 Å². The summed E-state index contributed by atoms with van der Waals surface area (Å²) in [5.41, 5.74) is 0.305. The van der Waals surface area contributed by atoms with Gasteiger partial charge in [-0.3, -0.25) is 9.59 Å². The van der Waals surface area contributed by atoms with Crippen LogP contribution < -0.4 is 0 Å². The predicted molar refractivity (Wildman–Crippen MR) is 122 cm³/mol. The van der Waals surface area contributed by atoms with Gasteiger partial charge in [-0.25, -0.2) is 0 Å². The number of hydrogen-bond acceptors (Lipinski definition) is 3. The molecule has 1 saturated carbocycles. The van der Waals surface area contributed by atoms with Gasteiger partial charge in [0.25, 0.3) is 0 Å². The highest BCUT2D eigenvalue weighted by atomic mass is 35.5. The number of amides is 2. The Morgan fingerprint density at radius 1 is 1.23 bits per heavy atom. The van der Waals surface area contributed by atoms with Crippen LogP contribution in [0, 0.1) is 11.3 Å². The molecular weight excluding hydrogens is 412 g/mol. The number of hydrogen-bond donors (Lipinski definition) is 1. The average Bonchev–Trinajstić information content (AvgIpc) is 2.70. The lowest BCUT2D eigenvalue weighted by Gasteiger charge is -2.56. The standard InChI is InChI=1S/C25H33ClN2O3/c1-4-22(29)27-15-25(16-27)11-12-28(17(2)13-25)23(30)19-9-10-24(3,31)14-20(19)18-7-5-6-8-21(18)26/h4-8,17,19-20,31H,1,9-16H2,2-3H3/t17-,19-,20+,24-/m0/s1. The Kier molecular flexibility index (Phi) is 5.95. The number of rotatable bonds is 3. The third-order valence-electron chi connectivity index (χ3n) is 7.73. The zero-order valence-electron chi connectivity index (χ0n) is 18.5. The summed E-state index contributed by atoms with van der Waals surface area (Å²) in [6, 6.07) is 7.84. The van der Waals surface area contributed by atoms with E-state index in [1.807, 2.05) is 41.0 Å². The molecule has 3 aliphatic rings. The lowest BCUT2D eigenvalue weighted by Crippen LogP contribution is -2.64. The van der Waals surface area contributed by atoms with Crippen molar-refractivity contribution in [3.63, 3.8) is 0 Å². The second-order valence-corrected chi connectivity index (χ2v) is 10.6. The van der Waals surface area contributed by atoms with E-state index in [1.54, 1.807) is 0 Å². The van der Waals surface area contributed by atoms with Gasteiger partial charge in [-0.15, -0.1) is 0 Å². The molecule has 31 heavy (non-hydrogen) atoms. The Hall–Kier alpha value is -1.85. The maximum absolute atomic E-state index is 13.7. The third kappa shape index (κ3) is 4.27. The number of likely N-dealkylation sites (tertiary alicyclic amines) is 2. The van der Waals surface area contributed by atoms with Gasteiger partial charge < -0.3 is 14.9 Å². The van der Waals surface area contributed by atoms with Crippen LogP contribution in [0.15, 0.2) is 36.9 Å². The Bertz CT molecular complexity index is 877. The van der Waals surface area contributed by atoms with Gasteiger partial charge in [0.2, 0.25) is 11.8 Å². The van der Waals surface area contributed by atoms with Crippen LogP contribution in [0.2, 0.25) is 5.02 Å². The molecule has 2 amide bonds. The Morgan fingerprint density at radius 2 is 1.94 bits per heavy atom. The van der Waals surface area contributed by atoms with Crippen molar-refractivity contribution in [2.45, 2.75) is 63.5 Å². The SMILES string of the molecule is C=CC(=O)N1CC2(CCN(C(=O)[C@H]3CC[C@](C)(O)C[C@@H]3c3ccccc3Cl)[C@@H](C)C2)C1. The first-order valence-electron chi connectivity index (χ1n) is 11.3. The van der Waals surface area contributed by atoms with E-state index in [-0.39, 0.29) is 35.1 Å². The van der Waals surface area contributed by atoms with Gasteiger partial charge in [-0.2, -0.15) is 0 Å². The molecule has 0 aromatic heterocycles. The van der Waals surface area contributed by atoms with Crippen LogP contribution in [-0.4, -0.2) is 58.0 Å². The Morgan fingerprint density at radius 3 is 2.58 bits per heavy atom. The molecule has 1 N–H and O–H groups in total. The molecule has 2 aliphatic heterocycles. The summed E-state index contributed by atoms with van der Waals surface area (Å²) >= 11 is 6.50. The van der Waals surface area contributed by atoms with Crippen LogP contribution in [0.4, 0.5) is 0 Å². The topological polar surface area (TPSA) is 60.9 Å². The third-order valence-corrected chi connectivity index (χ3v) is 8.07. The van der Waals surface area contributed by atoms with E-state index in [2.05, 4.69) is 13.5 Å². The van der Waals surface area contributed by atoms with E-state index < -0.39 is 5.60 Å². The van der Waals surface area contributed by atoms with E-state index in [0.29, 0.717) is 24.3 Å². The summed E-state index contributed by atoms with van der Waals surface area (Å²) in [5, 5.41) is 11.4. The van der Waals surface area contributed by atoms with E-state index in [9.17, 15) is 14.7 Å². The zero-order chi connectivity index (χ0) is 22.4. The van der Waals surface area contributed by atoms with E-state index in [4.69, 9.17) is 11.6 Å². The second kappa shape index (κ2) is 8.25. The molecule has 4 rings (SSSR count). The number of benzene rings is 1. The first-order chi connectivity index (χ1) is 14.6. The molecule has 0 unspecified atom stereocenters. The number of piperidine rings is 1. The predicted octanol–water partition coefficient (Wildman–Crippen LogP) is 4.00. The van der Waals surface area contributed by atoms with E-state index in [1.165, 1.54) is 6.08 Å². The van der Waals surface area contributed by atoms with Crippen LogP contribution in [0.5, 0.6) is 0 Å². The lowest BCUT2D eigenvalue weighted by atomic mass is 9.67. The molecule has 2 heterocycles. The second-order valence-electron chi connectivity index (χ2n) is 10.2. The molecule has 1 aromatic carbocycles. The molecule has 5 nitrogen and oxygen atoms in total. The maximum atomic E-state index is 13.7. The summed E-state index contributed by atoms with van der Waals surface area (Å²) in [6.07, 6.45) is 5.04. The summed E-state index contributed by atoms with van der Waals surface area (Å²) in [5.74, 6) is -0.0796. The van der Waals surface area contributed by atoms with Crippen molar-refractivity contribution in [3.8, 4) is 0 Å². The minimum absolute atomic E-state index is 0.00590. The maximum Gasteiger partial charge on any atom is 0.245 e. The largest absolute Gasteiger partial charge is 0.390 e. The quantitative estimate of drug-likeness (QED) is 0.717. The molecule has 0 radical (unpaired) electrons. The van der Waals surface area contributed by atoms with Crippen molar-refractivity contribution in [2.75, 3.05) is 19.6 Å². The van der Waals surface area contributed by atoms with Gasteiger partial charge in [-0.05, 0) is 69.6 Å².